The maximum atomic E-state index is 12.1. The first-order valence-electron chi connectivity index (χ1n) is 5.01. The molecule has 0 aliphatic carbocycles. The number of carbonyl (C=O) groups is 1. The number of rotatable bonds is 2. The van der Waals surface area contributed by atoms with Gasteiger partial charge in [-0.25, -0.2) is 0 Å². The van der Waals surface area contributed by atoms with Gasteiger partial charge in [0, 0.05) is 15.6 Å². The zero-order valence-corrected chi connectivity index (χ0v) is 10.4. The first-order valence-corrected chi connectivity index (χ1v) is 5.80. The largest absolute Gasteiger partial charge is 0.289 e. The smallest absolute Gasteiger partial charge is 0.193 e. The van der Waals surface area contributed by atoms with E-state index in [0.717, 1.165) is 4.47 Å². The number of hydrogen-bond donors (Lipinski definition) is 0. The van der Waals surface area contributed by atoms with Crippen LogP contribution in [0.1, 0.15) is 21.5 Å². The lowest BCUT2D eigenvalue weighted by molar-refractivity contribution is 0.103. The van der Waals surface area contributed by atoms with Crippen molar-refractivity contribution in [3.8, 4) is 6.07 Å². The second kappa shape index (κ2) is 4.94. The maximum absolute atomic E-state index is 12.1. The Balaban J connectivity index is 2.37. The molecule has 82 valence electrons. The molecule has 0 heterocycles. The summed E-state index contributed by atoms with van der Waals surface area (Å²) in [4.78, 5) is 12.1. The van der Waals surface area contributed by atoms with Crippen molar-refractivity contribution in [1.82, 2.24) is 0 Å². The highest BCUT2D eigenvalue weighted by Gasteiger charge is 2.08. The van der Waals surface area contributed by atoms with Gasteiger partial charge in [-0.05, 0) is 36.4 Å². The van der Waals surface area contributed by atoms with Crippen LogP contribution in [0.3, 0.4) is 0 Å². The van der Waals surface area contributed by atoms with E-state index in [1.54, 1.807) is 36.4 Å². The fourth-order valence-corrected chi connectivity index (χ4v) is 1.76. The third kappa shape index (κ3) is 2.61. The first-order chi connectivity index (χ1) is 8.20. The summed E-state index contributed by atoms with van der Waals surface area (Å²) in [6, 6.07) is 15.9. The molecule has 0 aliphatic heterocycles. The van der Waals surface area contributed by atoms with Gasteiger partial charge in [0.05, 0.1) is 11.6 Å². The first kappa shape index (κ1) is 11.6. The van der Waals surface area contributed by atoms with Crippen molar-refractivity contribution in [3.05, 3.63) is 69.7 Å². The van der Waals surface area contributed by atoms with E-state index in [9.17, 15) is 4.79 Å². The number of carbonyl (C=O) groups excluding carboxylic acids is 1. The van der Waals surface area contributed by atoms with Gasteiger partial charge in [-0.15, -0.1) is 0 Å². The summed E-state index contributed by atoms with van der Waals surface area (Å²) in [5.74, 6) is -0.0744. The molecular weight excluding hydrogens is 278 g/mol. The highest BCUT2D eigenvalue weighted by atomic mass is 79.9. The Bertz CT molecular complexity index is 596. The van der Waals surface area contributed by atoms with Gasteiger partial charge in [0.25, 0.3) is 0 Å². The van der Waals surface area contributed by atoms with Crippen molar-refractivity contribution in [2.45, 2.75) is 0 Å². The van der Waals surface area contributed by atoms with Crippen molar-refractivity contribution in [2.24, 2.45) is 0 Å². The number of hydrogen-bond acceptors (Lipinski definition) is 2. The summed E-state index contributed by atoms with van der Waals surface area (Å²) < 4.78 is 0.930. The lowest BCUT2D eigenvalue weighted by Gasteiger charge is -2.01. The van der Waals surface area contributed by atoms with Crippen LogP contribution in [0.25, 0.3) is 0 Å². The molecule has 0 atom stereocenters. The fourth-order valence-electron chi connectivity index (χ4n) is 1.50. The molecule has 3 heteroatoms. The van der Waals surface area contributed by atoms with Gasteiger partial charge in [-0.2, -0.15) is 5.26 Å². The van der Waals surface area contributed by atoms with Gasteiger partial charge in [-0.3, -0.25) is 4.79 Å². The molecule has 0 unspecified atom stereocenters. The Labute approximate surface area is 108 Å². The molecule has 0 radical (unpaired) electrons. The zero-order valence-electron chi connectivity index (χ0n) is 8.85. The predicted molar refractivity (Wildman–Crippen MR) is 68.7 cm³/mol. The molecule has 0 fully saturated rings. The van der Waals surface area contributed by atoms with E-state index >= 15 is 0 Å². The Morgan fingerprint density at radius 2 is 1.76 bits per heavy atom. The van der Waals surface area contributed by atoms with Gasteiger partial charge >= 0.3 is 0 Å². The molecule has 2 rings (SSSR count). The second-order valence-corrected chi connectivity index (χ2v) is 4.44. The average Bonchev–Trinajstić information content (AvgIpc) is 2.39. The predicted octanol–water partition coefficient (Wildman–Crippen LogP) is 3.55. The van der Waals surface area contributed by atoms with Crippen LogP contribution in [-0.2, 0) is 0 Å². The van der Waals surface area contributed by atoms with E-state index in [0.29, 0.717) is 16.7 Å². The van der Waals surface area contributed by atoms with Gasteiger partial charge in [0.15, 0.2) is 5.78 Å². The average molecular weight is 286 g/mol. The highest BCUT2D eigenvalue weighted by Crippen LogP contribution is 2.15. The van der Waals surface area contributed by atoms with Gasteiger partial charge < -0.3 is 0 Å². The Hall–Kier alpha value is -1.92. The molecule has 0 saturated heterocycles. The summed E-state index contributed by atoms with van der Waals surface area (Å²) in [5.41, 5.74) is 1.64. The Morgan fingerprint density at radius 3 is 2.41 bits per heavy atom. The Kier molecular flexibility index (Phi) is 3.36. The van der Waals surface area contributed by atoms with Crippen LogP contribution in [-0.4, -0.2) is 5.78 Å². The highest BCUT2D eigenvalue weighted by molar-refractivity contribution is 9.10. The fraction of sp³-hybridized carbons (Fsp3) is 0. The number of ketones is 1. The normalized spacial score (nSPS) is 9.65. The summed E-state index contributed by atoms with van der Waals surface area (Å²) in [6.45, 7) is 0. The molecule has 2 nitrogen and oxygen atoms in total. The SMILES string of the molecule is N#Cc1cccc(C(=O)c2ccc(Br)cc2)c1. The second-order valence-electron chi connectivity index (χ2n) is 3.53. The summed E-state index contributed by atoms with van der Waals surface area (Å²) in [6.07, 6.45) is 0. The van der Waals surface area contributed by atoms with Crippen LogP contribution in [0, 0.1) is 11.3 Å². The third-order valence-corrected chi connectivity index (χ3v) is 2.89. The van der Waals surface area contributed by atoms with Crippen molar-refractivity contribution in [1.29, 1.82) is 5.26 Å². The van der Waals surface area contributed by atoms with E-state index in [4.69, 9.17) is 5.26 Å². The molecule has 2 aromatic rings. The van der Waals surface area contributed by atoms with Crippen LogP contribution in [0.2, 0.25) is 0 Å². The zero-order chi connectivity index (χ0) is 12.3. The summed E-state index contributed by atoms with van der Waals surface area (Å²) >= 11 is 3.32. The standard InChI is InChI=1S/C14H8BrNO/c15-13-6-4-11(5-7-13)14(17)12-3-1-2-10(8-12)9-16/h1-8H. The number of nitriles is 1. The quantitative estimate of drug-likeness (QED) is 0.792. The van der Waals surface area contributed by atoms with Gasteiger partial charge in [0.2, 0.25) is 0 Å². The third-order valence-electron chi connectivity index (χ3n) is 2.36. The molecule has 17 heavy (non-hydrogen) atoms. The van der Waals surface area contributed by atoms with Crippen molar-refractivity contribution < 1.29 is 4.79 Å². The minimum absolute atomic E-state index is 0.0744. The molecule has 0 saturated carbocycles. The van der Waals surface area contributed by atoms with Crippen molar-refractivity contribution in [2.75, 3.05) is 0 Å². The minimum atomic E-state index is -0.0744. The lowest BCUT2D eigenvalue weighted by atomic mass is 10.0. The molecule has 0 amide bonds. The maximum Gasteiger partial charge on any atom is 0.193 e. The van der Waals surface area contributed by atoms with Crippen LogP contribution in [0.4, 0.5) is 0 Å². The van der Waals surface area contributed by atoms with E-state index in [1.807, 2.05) is 18.2 Å². The molecule has 0 aliphatic rings. The molecule has 0 N–H and O–H groups in total. The van der Waals surface area contributed by atoms with Crippen LogP contribution < -0.4 is 0 Å². The topological polar surface area (TPSA) is 40.9 Å². The molecule has 0 spiro atoms. The Morgan fingerprint density at radius 1 is 1.06 bits per heavy atom. The number of nitrogens with zero attached hydrogens (tertiary/aromatic N) is 1. The van der Waals surface area contributed by atoms with Crippen LogP contribution in [0.5, 0.6) is 0 Å². The monoisotopic (exact) mass is 285 g/mol. The minimum Gasteiger partial charge on any atom is -0.289 e. The number of benzene rings is 2. The van der Waals surface area contributed by atoms with Crippen molar-refractivity contribution >= 4 is 21.7 Å². The van der Waals surface area contributed by atoms with E-state index in [2.05, 4.69) is 15.9 Å². The van der Waals surface area contributed by atoms with Gasteiger partial charge in [-0.1, -0.05) is 28.1 Å². The van der Waals surface area contributed by atoms with Crippen molar-refractivity contribution in [3.63, 3.8) is 0 Å². The molecule has 0 bridgehead atoms. The van der Waals surface area contributed by atoms with E-state index in [1.165, 1.54) is 0 Å². The van der Waals surface area contributed by atoms with E-state index in [-0.39, 0.29) is 5.78 Å². The van der Waals surface area contributed by atoms with Crippen LogP contribution in [0.15, 0.2) is 53.0 Å². The van der Waals surface area contributed by atoms with Gasteiger partial charge in [0.1, 0.15) is 0 Å². The van der Waals surface area contributed by atoms with E-state index < -0.39 is 0 Å². The lowest BCUT2D eigenvalue weighted by Crippen LogP contribution is -2.01. The molecule has 2 aromatic carbocycles. The molecule has 0 aromatic heterocycles. The number of halogens is 1. The summed E-state index contributed by atoms with van der Waals surface area (Å²) in [7, 11) is 0. The summed E-state index contributed by atoms with van der Waals surface area (Å²) in [5, 5.41) is 8.78. The van der Waals surface area contributed by atoms with Crippen LogP contribution >= 0.6 is 15.9 Å². The molecular formula is C14H8BrNO.